The van der Waals surface area contributed by atoms with Gasteiger partial charge in [-0.25, -0.2) is 0 Å². The lowest BCUT2D eigenvalue weighted by Gasteiger charge is -2.27. The summed E-state index contributed by atoms with van der Waals surface area (Å²) in [4.78, 5) is 0. The van der Waals surface area contributed by atoms with Crippen LogP contribution in [0.25, 0.3) is 0 Å². The third-order valence-electron chi connectivity index (χ3n) is 2.62. The summed E-state index contributed by atoms with van der Waals surface area (Å²) in [7, 11) is 0. The maximum absolute atomic E-state index is 9.25. The fraction of sp³-hybridized carbons (Fsp3) is 0.714. The van der Waals surface area contributed by atoms with Crippen molar-refractivity contribution in [2.75, 3.05) is 19.8 Å². The van der Waals surface area contributed by atoms with Gasteiger partial charge in [-0.15, -0.1) is 13.2 Å². The van der Waals surface area contributed by atoms with Crippen LogP contribution in [-0.4, -0.2) is 36.1 Å². The summed E-state index contributed by atoms with van der Waals surface area (Å²) in [6.45, 7) is 16.1. The number of rotatable bonds is 9. The molecule has 0 aromatic carbocycles. The Morgan fingerprint density at radius 2 is 1.35 bits per heavy atom. The van der Waals surface area contributed by atoms with Crippen LogP contribution in [0.3, 0.4) is 0 Å². The Balaban J connectivity index is 4.09. The second-order valence-corrected chi connectivity index (χ2v) is 5.29. The van der Waals surface area contributed by atoms with Crippen LogP contribution < -0.4 is 0 Å². The van der Waals surface area contributed by atoms with Crippen molar-refractivity contribution in [1.29, 1.82) is 0 Å². The van der Waals surface area contributed by atoms with Crippen LogP contribution in [0.2, 0.25) is 0 Å². The van der Waals surface area contributed by atoms with Gasteiger partial charge in [-0.2, -0.15) is 0 Å². The van der Waals surface area contributed by atoms with Gasteiger partial charge in [0, 0.05) is 5.92 Å². The zero-order valence-corrected chi connectivity index (χ0v) is 11.5. The van der Waals surface area contributed by atoms with Crippen LogP contribution in [0.1, 0.15) is 27.7 Å². The van der Waals surface area contributed by atoms with Gasteiger partial charge in [0.05, 0.1) is 31.0 Å². The summed E-state index contributed by atoms with van der Waals surface area (Å²) in [5, 5.41) is 9.25. The molecule has 0 spiro atoms. The largest absolute Gasteiger partial charge is 0.396 e. The summed E-state index contributed by atoms with van der Waals surface area (Å²) in [5.74, 6) is -0.0338. The van der Waals surface area contributed by atoms with Crippen LogP contribution >= 0.6 is 0 Å². The molecule has 0 rings (SSSR count). The van der Waals surface area contributed by atoms with Crippen LogP contribution in [0.4, 0.5) is 0 Å². The highest BCUT2D eigenvalue weighted by Gasteiger charge is 2.20. The summed E-state index contributed by atoms with van der Waals surface area (Å²) < 4.78 is 11.3. The van der Waals surface area contributed by atoms with E-state index in [0.29, 0.717) is 13.2 Å². The average molecular weight is 242 g/mol. The van der Waals surface area contributed by atoms with Crippen molar-refractivity contribution >= 4 is 0 Å². The Hall–Kier alpha value is -0.640. The smallest absolute Gasteiger partial charge is 0.0803 e. The highest BCUT2D eigenvalue weighted by molar-refractivity contribution is 4.90. The molecule has 0 aliphatic carbocycles. The quantitative estimate of drug-likeness (QED) is 0.632. The van der Waals surface area contributed by atoms with Crippen molar-refractivity contribution < 1.29 is 14.6 Å². The Morgan fingerprint density at radius 1 is 1.00 bits per heavy atom. The van der Waals surface area contributed by atoms with Crippen LogP contribution in [0.5, 0.6) is 0 Å². The third-order valence-corrected chi connectivity index (χ3v) is 2.62. The van der Waals surface area contributed by atoms with Gasteiger partial charge in [0.1, 0.15) is 0 Å². The zero-order chi connectivity index (χ0) is 13.5. The normalized spacial score (nSPS) is 12.8. The molecule has 0 aliphatic heterocycles. The van der Waals surface area contributed by atoms with Gasteiger partial charge in [0.15, 0.2) is 0 Å². The minimum absolute atomic E-state index is 0.0338. The summed E-state index contributed by atoms with van der Waals surface area (Å²) in [6, 6.07) is 0. The first kappa shape index (κ1) is 16.4. The van der Waals surface area contributed by atoms with E-state index < -0.39 is 0 Å². The van der Waals surface area contributed by atoms with Crippen molar-refractivity contribution in [2.24, 2.45) is 5.92 Å². The second kappa shape index (κ2) is 6.94. The summed E-state index contributed by atoms with van der Waals surface area (Å²) in [6.07, 6.45) is 3.49. The summed E-state index contributed by atoms with van der Waals surface area (Å²) >= 11 is 0. The van der Waals surface area contributed by atoms with Gasteiger partial charge >= 0.3 is 0 Å². The fourth-order valence-corrected chi connectivity index (χ4v) is 0.937. The van der Waals surface area contributed by atoms with Crippen LogP contribution in [0.15, 0.2) is 25.3 Å². The molecule has 3 heteroatoms. The second-order valence-electron chi connectivity index (χ2n) is 5.29. The lowest BCUT2D eigenvalue weighted by atomic mass is 10.1. The minimum atomic E-state index is -0.374. The first-order valence-corrected chi connectivity index (χ1v) is 5.92. The molecule has 3 nitrogen and oxygen atoms in total. The minimum Gasteiger partial charge on any atom is -0.396 e. The summed E-state index contributed by atoms with van der Waals surface area (Å²) in [5.41, 5.74) is -0.747. The Morgan fingerprint density at radius 3 is 1.59 bits per heavy atom. The Labute approximate surface area is 105 Å². The highest BCUT2D eigenvalue weighted by Crippen LogP contribution is 2.15. The first-order valence-electron chi connectivity index (χ1n) is 5.92. The molecule has 0 aliphatic rings. The molecule has 0 saturated carbocycles. The van der Waals surface area contributed by atoms with Crippen LogP contribution in [-0.2, 0) is 9.47 Å². The third kappa shape index (κ3) is 7.31. The van der Waals surface area contributed by atoms with Gasteiger partial charge in [0.25, 0.3) is 0 Å². The lowest BCUT2D eigenvalue weighted by Crippen LogP contribution is -2.31. The Bertz CT molecular complexity index is 220. The molecule has 0 saturated heterocycles. The molecule has 0 bridgehead atoms. The molecule has 0 unspecified atom stereocenters. The van der Waals surface area contributed by atoms with E-state index in [2.05, 4.69) is 13.2 Å². The topological polar surface area (TPSA) is 38.7 Å². The van der Waals surface area contributed by atoms with Crippen LogP contribution in [0, 0.1) is 5.92 Å². The number of aliphatic hydroxyl groups is 1. The zero-order valence-electron chi connectivity index (χ0n) is 11.5. The molecule has 0 atom stereocenters. The predicted octanol–water partition coefficient (Wildman–Crippen LogP) is 2.56. The molecular weight excluding hydrogens is 216 g/mol. The van der Waals surface area contributed by atoms with E-state index in [1.54, 1.807) is 12.2 Å². The number of ether oxygens (including phenoxy) is 2. The number of hydrogen-bond donors (Lipinski definition) is 1. The lowest BCUT2D eigenvalue weighted by molar-refractivity contribution is -0.0609. The van der Waals surface area contributed by atoms with Gasteiger partial charge in [-0.1, -0.05) is 12.2 Å². The number of hydrogen-bond acceptors (Lipinski definition) is 3. The van der Waals surface area contributed by atoms with Gasteiger partial charge < -0.3 is 14.6 Å². The molecule has 0 radical (unpaired) electrons. The van der Waals surface area contributed by atoms with Crippen molar-refractivity contribution in [3.8, 4) is 0 Å². The standard InChI is InChI=1S/C14H26O3/c1-7-13(3,4)16-10-12(9-15)11-17-14(5,6)8-2/h7-8,12,15H,1-2,9-11H2,3-6H3. The van der Waals surface area contributed by atoms with Crippen molar-refractivity contribution in [1.82, 2.24) is 0 Å². The molecule has 1 N–H and O–H groups in total. The average Bonchev–Trinajstić information content (AvgIpc) is 2.29. The molecule has 0 fully saturated rings. The predicted molar refractivity (Wildman–Crippen MR) is 71.0 cm³/mol. The fourth-order valence-electron chi connectivity index (χ4n) is 0.937. The molecule has 100 valence electrons. The highest BCUT2D eigenvalue weighted by atomic mass is 16.5. The first-order chi connectivity index (χ1) is 7.76. The Kier molecular flexibility index (Phi) is 6.68. The van der Waals surface area contributed by atoms with E-state index in [-0.39, 0.29) is 23.7 Å². The SMILES string of the molecule is C=CC(C)(C)OCC(CO)COC(C)(C)C=C. The molecule has 0 heterocycles. The van der Waals surface area contributed by atoms with Gasteiger partial charge in [-0.05, 0) is 27.7 Å². The van der Waals surface area contributed by atoms with E-state index in [4.69, 9.17) is 9.47 Å². The van der Waals surface area contributed by atoms with Crippen molar-refractivity contribution in [3.63, 3.8) is 0 Å². The van der Waals surface area contributed by atoms with E-state index in [9.17, 15) is 5.11 Å². The van der Waals surface area contributed by atoms with E-state index >= 15 is 0 Å². The molecule has 0 aromatic heterocycles. The molecular formula is C14H26O3. The van der Waals surface area contributed by atoms with E-state index in [1.807, 2.05) is 27.7 Å². The van der Waals surface area contributed by atoms with Crippen molar-refractivity contribution in [3.05, 3.63) is 25.3 Å². The molecule has 0 aromatic rings. The molecule has 0 amide bonds. The maximum Gasteiger partial charge on any atom is 0.0803 e. The van der Waals surface area contributed by atoms with Gasteiger partial charge in [-0.3, -0.25) is 0 Å². The van der Waals surface area contributed by atoms with Gasteiger partial charge in [0.2, 0.25) is 0 Å². The molecule has 17 heavy (non-hydrogen) atoms. The maximum atomic E-state index is 9.25. The monoisotopic (exact) mass is 242 g/mol. The van der Waals surface area contributed by atoms with Crippen molar-refractivity contribution in [2.45, 2.75) is 38.9 Å². The number of aliphatic hydroxyl groups excluding tert-OH is 1. The van der Waals surface area contributed by atoms with E-state index in [0.717, 1.165) is 0 Å². The van der Waals surface area contributed by atoms with E-state index in [1.165, 1.54) is 0 Å².